The van der Waals surface area contributed by atoms with Crippen molar-refractivity contribution < 1.29 is 19.4 Å². The molecule has 0 bridgehead atoms. The van der Waals surface area contributed by atoms with Gasteiger partial charge in [-0.15, -0.1) is 0 Å². The fourth-order valence-electron chi connectivity index (χ4n) is 4.74. The van der Waals surface area contributed by atoms with Crippen molar-refractivity contribution in [3.63, 3.8) is 0 Å². The molecule has 0 spiro atoms. The number of aliphatic hydroxyl groups is 1. The first-order valence-corrected chi connectivity index (χ1v) is 16.1. The van der Waals surface area contributed by atoms with E-state index in [4.69, 9.17) is 9.47 Å². The van der Waals surface area contributed by atoms with Gasteiger partial charge < -0.3 is 14.6 Å². The number of aliphatic hydroxyl groups excluding tert-OH is 1. The molecular weight excluding hydrogens is 448 g/mol. The number of hydrogen-bond donors (Lipinski definition) is 1. The number of ether oxygens (including phenoxy) is 2. The van der Waals surface area contributed by atoms with Gasteiger partial charge in [-0.1, -0.05) is 155 Å². The highest BCUT2D eigenvalue weighted by molar-refractivity contribution is 5.69. The topological polar surface area (TPSA) is 55.8 Å². The molecule has 0 fully saturated rings. The van der Waals surface area contributed by atoms with E-state index < -0.39 is 6.10 Å². The number of rotatable bonds is 30. The van der Waals surface area contributed by atoms with Crippen LogP contribution in [-0.2, 0) is 14.3 Å². The van der Waals surface area contributed by atoms with Gasteiger partial charge >= 0.3 is 5.97 Å². The van der Waals surface area contributed by atoms with Crippen LogP contribution < -0.4 is 0 Å². The number of hydrogen-bond acceptors (Lipinski definition) is 4. The van der Waals surface area contributed by atoms with Gasteiger partial charge in [-0.2, -0.15) is 0 Å². The molecule has 0 saturated carbocycles. The summed E-state index contributed by atoms with van der Waals surface area (Å²) in [5, 5.41) is 9.46. The van der Waals surface area contributed by atoms with Crippen molar-refractivity contribution >= 4 is 5.97 Å². The van der Waals surface area contributed by atoms with Gasteiger partial charge in [-0.05, 0) is 12.8 Å². The summed E-state index contributed by atoms with van der Waals surface area (Å²) >= 11 is 0. The maximum Gasteiger partial charge on any atom is 0.306 e. The SMILES string of the molecule is CCCCCCCCCCCCCCCCCCCOCC(CO)OC(=O)CCCCCCCCC. The lowest BCUT2D eigenvalue weighted by molar-refractivity contribution is -0.154. The first kappa shape index (κ1) is 35.4. The van der Waals surface area contributed by atoms with Crippen molar-refractivity contribution in [3.8, 4) is 0 Å². The van der Waals surface area contributed by atoms with E-state index in [1.807, 2.05) is 0 Å². The fourth-order valence-corrected chi connectivity index (χ4v) is 4.74. The Hall–Kier alpha value is -0.610. The van der Waals surface area contributed by atoms with Gasteiger partial charge in [0.25, 0.3) is 0 Å². The molecule has 36 heavy (non-hydrogen) atoms. The van der Waals surface area contributed by atoms with Crippen molar-refractivity contribution in [3.05, 3.63) is 0 Å². The van der Waals surface area contributed by atoms with Gasteiger partial charge in [0.1, 0.15) is 6.10 Å². The molecule has 1 N–H and O–H groups in total. The first-order chi connectivity index (χ1) is 17.7. The molecule has 0 aromatic carbocycles. The molecule has 0 amide bonds. The smallest absolute Gasteiger partial charge is 0.306 e. The van der Waals surface area contributed by atoms with Crippen molar-refractivity contribution in [2.75, 3.05) is 19.8 Å². The van der Waals surface area contributed by atoms with Crippen LogP contribution >= 0.6 is 0 Å². The zero-order valence-electron chi connectivity index (χ0n) is 24.5. The average molecular weight is 513 g/mol. The summed E-state index contributed by atoms with van der Waals surface area (Å²) in [6, 6.07) is 0. The molecule has 0 saturated heterocycles. The maximum atomic E-state index is 12.0. The molecule has 0 aliphatic rings. The number of carbonyl (C=O) groups is 1. The Morgan fingerprint density at radius 1 is 0.556 bits per heavy atom. The van der Waals surface area contributed by atoms with E-state index in [9.17, 15) is 9.90 Å². The summed E-state index contributed by atoms with van der Waals surface area (Å²) in [5.41, 5.74) is 0. The summed E-state index contributed by atoms with van der Waals surface area (Å²) in [4.78, 5) is 12.0. The molecule has 0 aliphatic heterocycles. The van der Waals surface area contributed by atoms with Gasteiger partial charge in [-0.25, -0.2) is 0 Å². The van der Waals surface area contributed by atoms with Gasteiger partial charge in [0.2, 0.25) is 0 Å². The minimum Gasteiger partial charge on any atom is -0.457 e. The Morgan fingerprint density at radius 2 is 0.917 bits per heavy atom. The normalized spacial score (nSPS) is 12.2. The minimum atomic E-state index is -0.521. The van der Waals surface area contributed by atoms with Gasteiger partial charge in [0.05, 0.1) is 13.2 Å². The summed E-state index contributed by atoms with van der Waals surface area (Å²) in [7, 11) is 0. The fraction of sp³-hybridized carbons (Fsp3) is 0.969. The van der Waals surface area contributed by atoms with E-state index in [1.54, 1.807) is 0 Å². The lowest BCUT2D eigenvalue weighted by Gasteiger charge is -2.15. The Kier molecular flexibility index (Phi) is 30.1. The predicted molar refractivity (Wildman–Crippen MR) is 155 cm³/mol. The molecule has 1 atom stereocenters. The van der Waals surface area contributed by atoms with Crippen molar-refractivity contribution in [1.82, 2.24) is 0 Å². The van der Waals surface area contributed by atoms with Crippen LogP contribution in [0.4, 0.5) is 0 Å². The summed E-state index contributed by atoms with van der Waals surface area (Å²) in [6.07, 6.45) is 31.4. The molecule has 0 aliphatic carbocycles. The highest BCUT2D eigenvalue weighted by Crippen LogP contribution is 2.14. The second-order valence-electron chi connectivity index (χ2n) is 10.9. The highest BCUT2D eigenvalue weighted by atomic mass is 16.6. The molecule has 0 heterocycles. The van der Waals surface area contributed by atoms with E-state index in [0.29, 0.717) is 19.6 Å². The average Bonchev–Trinajstić information content (AvgIpc) is 2.88. The standard InChI is InChI=1S/C32H64O4/c1-3-5-7-9-11-12-13-14-15-16-17-18-19-20-22-24-26-28-35-30-31(29-33)36-32(34)27-25-23-21-10-8-6-4-2/h31,33H,3-30H2,1-2H3. The number of carbonyl (C=O) groups excluding carboxylic acids is 1. The second kappa shape index (κ2) is 30.6. The largest absolute Gasteiger partial charge is 0.457 e. The monoisotopic (exact) mass is 512 g/mol. The van der Waals surface area contributed by atoms with E-state index in [-0.39, 0.29) is 12.6 Å². The molecule has 1 unspecified atom stereocenters. The third-order valence-corrected chi connectivity index (χ3v) is 7.18. The summed E-state index contributed by atoms with van der Waals surface area (Å²) in [5.74, 6) is -0.205. The second-order valence-corrected chi connectivity index (χ2v) is 10.9. The molecule has 4 heteroatoms. The maximum absolute atomic E-state index is 12.0. The van der Waals surface area contributed by atoms with Gasteiger partial charge in [0.15, 0.2) is 0 Å². The van der Waals surface area contributed by atoms with Crippen molar-refractivity contribution in [1.29, 1.82) is 0 Å². The van der Waals surface area contributed by atoms with Crippen LogP contribution in [0.15, 0.2) is 0 Å². The van der Waals surface area contributed by atoms with Crippen LogP contribution in [0.2, 0.25) is 0 Å². The lowest BCUT2D eigenvalue weighted by Crippen LogP contribution is -2.27. The third kappa shape index (κ3) is 28.0. The van der Waals surface area contributed by atoms with Crippen LogP contribution in [0.1, 0.15) is 174 Å². The van der Waals surface area contributed by atoms with Crippen LogP contribution in [0.3, 0.4) is 0 Å². The molecular formula is C32H64O4. The zero-order chi connectivity index (χ0) is 26.4. The predicted octanol–water partition coefficient (Wildman–Crippen LogP) is 9.70. The van der Waals surface area contributed by atoms with E-state index in [1.165, 1.54) is 135 Å². The molecule has 0 aromatic rings. The highest BCUT2D eigenvalue weighted by Gasteiger charge is 2.13. The summed E-state index contributed by atoms with van der Waals surface area (Å²) < 4.78 is 11.0. The van der Waals surface area contributed by atoms with Crippen molar-refractivity contribution in [2.24, 2.45) is 0 Å². The molecule has 0 aromatic heterocycles. The molecule has 4 nitrogen and oxygen atoms in total. The zero-order valence-corrected chi connectivity index (χ0v) is 24.5. The van der Waals surface area contributed by atoms with Crippen LogP contribution in [-0.4, -0.2) is 37.0 Å². The Morgan fingerprint density at radius 3 is 1.31 bits per heavy atom. The van der Waals surface area contributed by atoms with Crippen LogP contribution in [0, 0.1) is 0 Å². The first-order valence-electron chi connectivity index (χ1n) is 16.1. The molecule has 0 radical (unpaired) electrons. The molecule has 0 rings (SSSR count). The van der Waals surface area contributed by atoms with E-state index in [0.717, 1.165) is 19.3 Å². The summed E-state index contributed by atoms with van der Waals surface area (Å²) in [6.45, 7) is 5.33. The Labute approximate surface area is 225 Å². The Bertz CT molecular complexity index is 426. The number of esters is 1. The van der Waals surface area contributed by atoms with Crippen LogP contribution in [0.5, 0.6) is 0 Å². The van der Waals surface area contributed by atoms with Gasteiger partial charge in [0, 0.05) is 13.0 Å². The van der Waals surface area contributed by atoms with Crippen molar-refractivity contribution in [2.45, 2.75) is 180 Å². The minimum absolute atomic E-state index is 0.165. The lowest BCUT2D eigenvalue weighted by atomic mass is 10.0. The van der Waals surface area contributed by atoms with Crippen LogP contribution in [0.25, 0.3) is 0 Å². The quantitative estimate of drug-likeness (QED) is 0.0768. The van der Waals surface area contributed by atoms with Gasteiger partial charge in [-0.3, -0.25) is 4.79 Å². The van der Waals surface area contributed by atoms with E-state index in [2.05, 4.69) is 13.8 Å². The molecule has 216 valence electrons. The van der Waals surface area contributed by atoms with E-state index >= 15 is 0 Å². The Balaban J connectivity index is 3.34. The number of unbranched alkanes of at least 4 members (excludes halogenated alkanes) is 22. The third-order valence-electron chi connectivity index (χ3n) is 7.18.